The SMILES string of the molecule is CN(CC(=O)Nc1c(I)cc(I)cc1I)CC1CC(O)C1. The van der Waals surface area contributed by atoms with E-state index in [2.05, 4.69) is 85.2 Å². The first-order valence-electron chi connectivity index (χ1n) is 6.66. The molecule has 1 aromatic carbocycles. The van der Waals surface area contributed by atoms with Gasteiger partial charge >= 0.3 is 0 Å². The highest BCUT2D eigenvalue weighted by molar-refractivity contribution is 14.1. The van der Waals surface area contributed by atoms with Crippen molar-refractivity contribution in [2.24, 2.45) is 5.92 Å². The molecule has 0 saturated heterocycles. The number of hydrogen-bond acceptors (Lipinski definition) is 3. The van der Waals surface area contributed by atoms with E-state index in [-0.39, 0.29) is 12.0 Å². The molecule has 4 nitrogen and oxygen atoms in total. The number of carbonyl (C=O) groups is 1. The Balaban J connectivity index is 1.87. The lowest BCUT2D eigenvalue weighted by Crippen LogP contribution is -2.40. The molecule has 1 aliphatic carbocycles. The number of likely N-dealkylation sites (N-methyl/N-ethyl adjacent to an activating group) is 1. The van der Waals surface area contributed by atoms with Crippen LogP contribution in [-0.4, -0.2) is 42.2 Å². The lowest BCUT2D eigenvalue weighted by atomic mass is 9.82. The molecule has 1 amide bonds. The second-order valence-electron chi connectivity index (χ2n) is 5.48. The largest absolute Gasteiger partial charge is 0.393 e. The third-order valence-electron chi connectivity index (χ3n) is 3.47. The van der Waals surface area contributed by atoms with Crippen LogP contribution in [0.1, 0.15) is 12.8 Å². The molecule has 0 radical (unpaired) electrons. The fourth-order valence-electron chi connectivity index (χ4n) is 2.44. The molecule has 1 fully saturated rings. The minimum atomic E-state index is -0.132. The van der Waals surface area contributed by atoms with E-state index in [0.717, 1.165) is 32.2 Å². The van der Waals surface area contributed by atoms with E-state index in [9.17, 15) is 9.90 Å². The average Bonchev–Trinajstić information content (AvgIpc) is 2.31. The van der Waals surface area contributed by atoms with Crippen LogP contribution in [0, 0.1) is 16.6 Å². The van der Waals surface area contributed by atoms with Crippen molar-refractivity contribution in [1.82, 2.24) is 4.90 Å². The lowest BCUT2D eigenvalue weighted by Gasteiger charge is -2.34. The van der Waals surface area contributed by atoms with Crippen molar-refractivity contribution in [3.05, 3.63) is 22.8 Å². The summed E-state index contributed by atoms with van der Waals surface area (Å²) in [5, 5.41) is 12.3. The van der Waals surface area contributed by atoms with Gasteiger partial charge in [-0.2, -0.15) is 0 Å². The Bertz CT molecular complexity index is 510. The molecule has 2 N–H and O–H groups in total. The number of halogens is 3. The summed E-state index contributed by atoms with van der Waals surface area (Å²) >= 11 is 6.78. The van der Waals surface area contributed by atoms with E-state index >= 15 is 0 Å². The van der Waals surface area contributed by atoms with Gasteiger partial charge in [-0.05, 0) is 106 Å². The highest BCUT2D eigenvalue weighted by atomic mass is 127. The molecular formula is C14H17I3N2O2. The predicted molar refractivity (Wildman–Crippen MR) is 109 cm³/mol. The van der Waals surface area contributed by atoms with Crippen molar-refractivity contribution in [3.63, 3.8) is 0 Å². The third kappa shape index (κ3) is 5.43. The Morgan fingerprint density at radius 2 is 1.90 bits per heavy atom. The standard InChI is InChI=1S/C14H17I3N2O2/c1-19(6-8-2-10(20)3-8)7-13(21)18-14-11(16)4-9(15)5-12(14)17/h4-5,8,10,20H,2-3,6-7H2,1H3,(H,18,21). The first-order chi connectivity index (χ1) is 9.85. The first-order valence-corrected chi connectivity index (χ1v) is 9.89. The van der Waals surface area contributed by atoms with Gasteiger partial charge in [0.05, 0.1) is 18.3 Å². The smallest absolute Gasteiger partial charge is 0.238 e. The van der Waals surface area contributed by atoms with Crippen molar-refractivity contribution in [2.75, 3.05) is 25.5 Å². The normalized spacial score (nSPS) is 21.2. The van der Waals surface area contributed by atoms with Gasteiger partial charge < -0.3 is 10.4 Å². The second kappa shape index (κ2) is 8.06. The Hall–Kier alpha value is 0.800. The molecule has 0 bridgehead atoms. The minimum Gasteiger partial charge on any atom is -0.393 e. The Labute approximate surface area is 165 Å². The fraction of sp³-hybridized carbons (Fsp3) is 0.500. The summed E-state index contributed by atoms with van der Waals surface area (Å²) in [4.78, 5) is 14.2. The van der Waals surface area contributed by atoms with Gasteiger partial charge in [-0.1, -0.05) is 0 Å². The molecule has 0 spiro atoms. The van der Waals surface area contributed by atoms with E-state index in [4.69, 9.17) is 0 Å². The van der Waals surface area contributed by atoms with Crippen LogP contribution in [0.5, 0.6) is 0 Å². The van der Waals surface area contributed by atoms with Crippen molar-refractivity contribution in [2.45, 2.75) is 18.9 Å². The van der Waals surface area contributed by atoms with Crippen molar-refractivity contribution in [1.29, 1.82) is 0 Å². The van der Waals surface area contributed by atoms with Gasteiger partial charge in [-0.15, -0.1) is 0 Å². The molecule has 1 aromatic rings. The number of hydrogen-bond donors (Lipinski definition) is 2. The van der Waals surface area contributed by atoms with Crippen LogP contribution in [0.3, 0.4) is 0 Å². The van der Waals surface area contributed by atoms with Crippen LogP contribution < -0.4 is 5.32 Å². The fourth-order valence-corrected chi connectivity index (χ4v) is 6.29. The monoisotopic (exact) mass is 626 g/mol. The minimum absolute atomic E-state index is 0.00871. The van der Waals surface area contributed by atoms with Gasteiger partial charge in [0.15, 0.2) is 0 Å². The quantitative estimate of drug-likeness (QED) is 0.495. The molecule has 0 heterocycles. The van der Waals surface area contributed by atoms with Crippen LogP contribution >= 0.6 is 67.8 Å². The zero-order valence-electron chi connectivity index (χ0n) is 11.6. The Kier molecular flexibility index (Phi) is 6.97. The average molecular weight is 626 g/mol. The van der Waals surface area contributed by atoms with Crippen LogP contribution in [0.2, 0.25) is 0 Å². The molecule has 1 aliphatic rings. The molecule has 0 unspecified atom stereocenters. The summed E-state index contributed by atoms with van der Waals surface area (Å²) in [7, 11) is 1.95. The van der Waals surface area contributed by atoms with Gasteiger partial charge in [0.25, 0.3) is 0 Å². The van der Waals surface area contributed by atoms with Crippen LogP contribution in [0.25, 0.3) is 0 Å². The van der Waals surface area contributed by atoms with E-state index in [0.29, 0.717) is 12.5 Å². The molecular weight excluding hydrogens is 609 g/mol. The van der Waals surface area contributed by atoms with Crippen molar-refractivity contribution in [3.8, 4) is 0 Å². The topological polar surface area (TPSA) is 52.6 Å². The maximum atomic E-state index is 12.2. The highest BCUT2D eigenvalue weighted by Crippen LogP contribution is 2.28. The van der Waals surface area contributed by atoms with Crippen molar-refractivity contribution < 1.29 is 9.90 Å². The van der Waals surface area contributed by atoms with E-state index in [1.807, 2.05) is 11.9 Å². The van der Waals surface area contributed by atoms with Crippen molar-refractivity contribution >= 4 is 79.4 Å². The molecule has 7 heteroatoms. The summed E-state index contributed by atoms with van der Waals surface area (Å²) in [6.45, 7) is 1.25. The number of rotatable bonds is 5. The Morgan fingerprint density at radius 3 is 2.43 bits per heavy atom. The maximum Gasteiger partial charge on any atom is 0.238 e. The molecule has 0 aromatic heterocycles. The van der Waals surface area contributed by atoms with Gasteiger partial charge in [0.1, 0.15) is 0 Å². The molecule has 1 saturated carbocycles. The number of carbonyl (C=O) groups excluding carboxylic acids is 1. The number of anilines is 1. The highest BCUT2D eigenvalue weighted by Gasteiger charge is 2.28. The zero-order chi connectivity index (χ0) is 15.6. The maximum absolute atomic E-state index is 12.2. The summed E-state index contributed by atoms with van der Waals surface area (Å²) < 4.78 is 3.28. The predicted octanol–water partition coefficient (Wildman–Crippen LogP) is 3.14. The summed E-state index contributed by atoms with van der Waals surface area (Å²) in [5.74, 6) is 0.533. The first kappa shape index (κ1) is 18.1. The summed E-state index contributed by atoms with van der Waals surface area (Å²) in [6.07, 6.45) is 1.59. The second-order valence-corrected chi connectivity index (χ2v) is 9.05. The number of nitrogens with one attached hydrogen (secondary N) is 1. The molecule has 2 rings (SSSR count). The van der Waals surface area contributed by atoms with E-state index in [1.54, 1.807) is 0 Å². The van der Waals surface area contributed by atoms with E-state index in [1.165, 1.54) is 3.57 Å². The van der Waals surface area contributed by atoms with Gasteiger partial charge in [-0.3, -0.25) is 9.69 Å². The molecule has 116 valence electrons. The number of aliphatic hydroxyl groups is 1. The van der Waals surface area contributed by atoms with E-state index < -0.39 is 0 Å². The van der Waals surface area contributed by atoms with Gasteiger partial charge in [-0.25, -0.2) is 0 Å². The third-order valence-corrected chi connectivity index (χ3v) is 5.79. The Morgan fingerprint density at radius 1 is 1.33 bits per heavy atom. The van der Waals surface area contributed by atoms with Crippen LogP contribution in [0.4, 0.5) is 5.69 Å². The molecule has 21 heavy (non-hydrogen) atoms. The molecule has 0 atom stereocenters. The zero-order valence-corrected chi connectivity index (χ0v) is 18.0. The number of benzene rings is 1. The van der Waals surface area contributed by atoms with Gasteiger partial charge in [0.2, 0.25) is 5.91 Å². The van der Waals surface area contributed by atoms with Crippen LogP contribution in [-0.2, 0) is 4.79 Å². The number of amides is 1. The van der Waals surface area contributed by atoms with Crippen LogP contribution in [0.15, 0.2) is 12.1 Å². The summed E-state index contributed by atoms with van der Waals surface area (Å²) in [6, 6.07) is 4.11. The summed E-state index contributed by atoms with van der Waals surface area (Å²) in [5.41, 5.74) is 0.897. The number of nitrogens with zero attached hydrogens (tertiary/aromatic N) is 1. The number of aliphatic hydroxyl groups excluding tert-OH is 1. The van der Waals surface area contributed by atoms with Gasteiger partial charge in [0, 0.05) is 17.3 Å². The lowest BCUT2D eigenvalue weighted by molar-refractivity contribution is -0.117. The molecule has 0 aliphatic heterocycles.